The number of furan rings is 1. The topological polar surface area (TPSA) is 74.6 Å². The Bertz CT molecular complexity index is 1060. The third kappa shape index (κ3) is 4.08. The normalized spacial score (nSPS) is 13.6. The van der Waals surface area contributed by atoms with E-state index in [4.69, 9.17) is 4.42 Å². The smallest absolute Gasteiger partial charge is 0.313 e. The first-order valence-corrected chi connectivity index (χ1v) is 10.1. The number of fused-ring (bicyclic) bond motifs is 1. The van der Waals surface area contributed by atoms with Gasteiger partial charge in [-0.25, -0.2) is 0 Å². The molecule has 2 amide bonds. The summed E-state index contributed by atoms with van der Waals surface area (Å²) in [6.07, 6.45) is 2.56. The number of nitrogens with one attached hydrogen (secondary N) is 2. The Morgan fingerprint density at radius 1 is 1.07 bits per heavy atom. The molecule has 6 heteroatoms. The SMILES string of the molecule is Cc1ccc(NC(=O)C(=O)NC[C@@H](c2ccco2)N2CCc3ccccc32)c(C)c1. The van der Waals surface area contributed by atoms with E-state index in [1.807, 2.05) is 56.3 Å². The van der Waals surface area contributed by atoms with Gasteiger partial charge in [-0.1, -0.05) is 35.9 Å². The van der Waals surface area contributed by atoms with Gasteiger partial charge in [-0.3, -0.25) is 9.59 Å². The molecular weight excluding hydrogens is 378 g/mol. The highest BCUT2D eigenvalue weighted by Crippen LogP contribution is 2.34. The summed E-state index contributed by atoms with van der Waals surface area (Å²) < 4.78 is 5.64. The maximum absolute atomic E-state index is 12.5. The van der Waals surface area contributed by atoms with Crippen LogP contribution in [0.3, 0.4) is 0 Å². The van der Waals surface area contributed by atoms with Crippen molar-refractivity contribution in [2.24, 2.45) is 0 Å². The molecule has 0 unspecified atom stereocenters. The lowest BCUT2D eigenvalue weighted by molar-refractivity contribution is -0.136. The molecular formula is C24H25N3O3. The van der Waals surface area contributed by atoms with E-state index in [9.17, 15) is 9.59 Å². The minimum Gasteiger partial charge on any atom is -0.467 e. The molecule has 0 saturated heterocycles. The predicted molar refractivity (Wildman–Crippen MR) is 116 cm³/mol. The highest BCUT2D eigenvalue weighted by Gasteiger charge is 2.29. The van der Waals surface area contributed by atoms with E-state index in [1.165, 1.54) is 5.56 Å². The van der Waals surface area contributed by atoms with Gasteiger partial charge < -0.3 is 20.0 Å². The number of benzene rings is 2. The minimum atomic E-state index is -0.679. The zero-order chi connectivity index (χ0) is 21.1. The van der Waals surface area contributed by atoms with Gasteiger partial charge in [-0.05, 0) is 55.7 Å². The molecule has 2 N–H and O–H groups in total. The van der Waals surface area contributed by atoms with Crippen LogP contribution in [0.25, 0.3) is 0 Å². The molecule has 1 aliphatic rings. The van der Waals surface area contributed by atoms with Gasteiger partial charge in [0.2, 0.25) is 0 Å². The van der Waals surface area contributed by atoms with E-state index in [2.05, 4.69) is 27.7 Å². The number of carbonyl (C=O) groups excluding carboxylic acids is 2. The molecule has 1 aliphatic heterocycles. The summed E-state index contributed by atoms with van der Waals surface area (Å²) in [7, 11) is 0. The molecule has 6 nitrogen and oxygen atoms in total. The second-order valence-corrected chi connectivity index (χ2v) is 7.59. The second kappa shape index (κ2) is 8.45. The lowest BCUT2D eigenvalue weighted by Gasteiger charge is -2.29. The summed E-state index contributed by atoms with van der Waals surface area (Å²) in [5.74, 6) is -0.595. The first kappa shape index (κ1) is 19.8. The van der Waals surface area contributed by atoms with Crippen LogP contribution in [0.4, 0.5) is 11.4 Å². The molecule has 0 bridgehead atoms. The molecule has 2 heterocycles. The van der Waals surface area contributed by atoms with Crippen molar-refractivity contribution in [1.29, 1.82) is 0 Å². The maximum Gasteiger partial charge on any atom is 0.313 e. The van der Waals surface area contributed by atoms with Gasteiger partial charge in [0.05, 0.1) is 6.26 Å². The van der Waals surface area contributed by atoms with E-state index in [-0.39, 0.29) is 12.6 Å². The Hall–Kier alpha value is -3.54. The lowest BCUT2D eigenvalue weighted by atomic mass is 10.1. The quantitative estimate of drug-likeness (QED) is 0.636. The van der Waals surface area contributed by atoms with Crippen LogP contribution in [-0.2, 0) is 16.0 Å². The molecule has 0 radical (unpaired) electrons. The molecule has 0 saturated carbocycles. The van der Waals surface area contributed by atoms with Crippen LogP contribution >= 0.6 is 0 Å². The number of amides is 2. The largest absolute Gasteiger partial charge is 0.467 e. The molecule has 154 valence electrons. The predicted octanol–water partition coefficient (Wildman–Crippen LogP) is 3.76. The molecule has 0 fully saturated rings. The van der Waals surface area contributed by atoms with Crippen molar-refractivity contribution in [3.05, 3.63) is 83.3 Å². The van der Waals surface area contributed by atoms with E-state index >= 15 is 0 Å². The summed E-state index contributed by atoms with van der Waals surface area (Å²) in [4.78, 5) is 27.1. The number of rotatable bonds is 5. The van der Waals surface area contributed by atoms with Crippen molar-refractivity contribution in [2.75, 3.05) is 23.3 Å². The highest BCUT2D eigenvalue weighted by atomic mass is 16.3. The fourth-order valence-electron chi connectivity index (χ4n) is 3.94. The summed E-state index contributed by atoms with van der Waals surface area (Å²) in [6, 6.07) is 17.4. The minimum absolute atomic E-state index is 0.193. The fraction of sp³-hybridized carbons (Fsp3) is 0.250. The van der Waals surface area contributed by atoms with Crippen LogP contribution in [0.1, 0.15) is 28.5 Å². The average Bonchev–Trinajstić information content (AvgIpc) is 3.41. The number of aryl methyl sites for hydroxylation is 2. The number of hydrogen-bond acceptors (Lipinski definition) is 4. The number of para-hydroxylation sites is 1. The van der Waals surface area contributed by atoms with Gasteiger partial charge in [0.25, 0.3) is 0 Å². The van der Waals surface area contributed by atoms with Gasteiger partial charge in [-0.2, -0.15) is 0 Å². The van der Waals surface area contributed by atoms with E-state index in [1.54, 1.807) is 6.26 Å². The van der Waals surface area contributed by atoms with Gasteiger partial charge in [0, 0.05) is 24.5 Å². The van der Waals surface area contributed by atoms with Crippen LogP contribution in [0, 0.1) is 13.8 Å². The second-order valence-electron chi connectivity index (χ2n) is 7.59. The van der Waals surface area contributed by atoms with Gasteiger partial charge in [0.1, 0.15) is 11.8 Å². The average molecular weight is 403 g/mol. The number of carbonyl (C=O) groups is 2. The Morgan fingerprint density at radius 2 is 1.90 bits per heavy atom. The van der Waals surface area contributed by atoms with Crippen LogP contribution in [0.2, 0.25) is 0 Å². The highest BCUT2D eigenvalue weighted by molar-refractivity contribution is 6.39. The maximum atomic E-state index is 12.5. The molecule has 0 spiro atoms. The molecule has 1 aromatic heterocycles. The monoisotopic (exact) mass is 403 g/mol. The van der Waals surface area contributed by atoms with E-state index in [0.29, 0.717) is 5.69 Å². The van der Waals surface area contributed by atoms with Crippen molar-refractivity contribution in [3.8, 4) is 0 Å². The molecule has 30 heavy (non-hydrogen) atoms. The summed E-state index contributed by atoms with van der Waals surface area (Å²) in [6.45, 7) is 4.98. The molecule has 4 rings (SSSR count). The Kier molecular flexibility index (Phi) is 5.57. The zero-order valence-electron chi connectivity index (χ0n) is 17.1. The van der Waals surface area contributed by atoms with E-state index < -0.39 is 11.8 Å². The Labute approximate surface area is 175 Å². The molecule has 1 atom stereocenters. The third-order valence-electron chi connectivity index (χ3n) is 5.46. The van der Waals surface area contributed by atoms with Gasteiger partial charge in [0.15, 0.2) is 0 Å². The number of nitrogens with zero attached hydrogens (tertiary/aromatic N) is 1. The molecule has 0 aliphatic carbocycles. The summed E-state index contributed by atoms with van der Waals surface area (Å²) >= 11 is 0. The van der Waals surface area contributed by atoms with Crippen molar-refractivity contribution in [2.45, 2.75) is 26.3 Å². The van der Waals surface area contributed by atoms with Crippen LogP contribution in [-0.4, -0.2) is 24.9 Å². The van der Waals surface area contributed by atoms with Gasteiger partial charge >= 0.3 is 11.8 Å². The van der Waals surface area contributed by atoms with Crippen molar-refractivity contribution >= 4 is 23.2 Å². The van der Waals surface area contributed by atoms with Crippen LogP contribution in [0.15, 0.2) is 65.3 Å². The van der Waals surface area contributed by atoms with Crippen LogP contribution in [0.5, 0.6) is 0 Å². The first-order valence-electron chi connectivity index (χ1n) is 10.1. The zero-order valence-corrected chi connectivity index (χ0v) is 17.1. The molecule has 2 aromatic carbocycles. The fourth-order valence-corrected chi connectivity index (χ4v) is 3.94. The first-order chi connectivity index (χ1) is 14.5. The van der Waals surface area contributed by atoms with Crippen LogP contribution < -0.4 is 15.5 Å². The standard InChI is InChI=1S/C24H25N3O3/c1-16-9-10-19(17(2)14-16)26-24(29)23(28)25-15-21(22-8-5-13-30-22)27-12-11-18-6-3-4-7-20(18)27/h3-10,13-14,21H,11-12,15H2,1-2H3,(H,25,28)(H,26,29)/t21-/m0/s1. The van der Waals surface area contributed by atoms with Crippen molar-refractivity contribution in [1.82, 2.24) is 5.32 Å². The molecule has 3 aromatic rings. The van der Waals surface area contributed by atoms with Crippen molar-refractivity contribution < 1.29 is 14.0 Å². The summed E-state index contributed by atoms with van der Waals surface area (Å²) in [5.41, 5.74) is 5.05. The third-order valence-corrected chi connectivity index (χ3v) is 5.46. The number of hydrogen-bond donors (Lipinski definition) is 2. The number of anilines is 2. The lowest BCUT2D eigenvalue weighted by Crippen LogP contribution is -2.41. The van der Waals surface area contributed by atoms with Gasteiger partial charge in [-0.15, -0.1) is 0 Å². The Morgan fingerprint density at radius 3 is 2.67 bits per heavy atom. The summed E-state index contributed by atoms with van der Waals surface area (Å²) in [5, 5.41) is 5.47. The Balaban J connectivity index is 1.45. The van der Waals surface area contributed by atoms with E-state index in [0.717, 1.165) is 35.5 Å². The van der Waals surface area contributed by atoms with Crippen molar-refractivity contribution in [3.63, 3.8) is 0 Å².